The van der Waals surface area contributed by atoms with Crippen molar-refractivity contribution in [1.29, 1.82) is 0 Å². The van der Waals surface area contributed by atoms with Gasteiger partial charge in [-0.15, -0.1) is 0 Å². The van der Waals surface area contributed by atoms with Gasteiger partial charge in [0.2, 0.25) is 11.8 Å². The lowest BCUT2D eigenvalue weighted by atomic mass is 10.00. The molecule has 7 nitrogen and oxygen atoms in total. The molecule has 186 valence electrons. The highest BCUT2D eigenvalue weighted by molar-refractivity contribution is 5.92. The Kier molecular flexibility index (Phi) is 7.63. The summed E-state index contributed by atoms with van der Waals surface area (Å²) in [5.41, 5.74) is 2.66. The van der Waals surface area contributed by atoms with Gasteiger partial charge in [0.05, 0.1) is 6.54 Å². The van der Waals surface area contributed by atoms with E-state index in [1.165, 1.54) is 17.0 Å². The molecular weight excluding hydrogens is 461 g/mol. The fourth-order valence-corrected chi connectivity index (χ4v) is 3.97. The zero-order valence-corrected chi connectivity index (χ0v) is 20.1. The maximum Gasteiger partial charge on any atom is 0.411 e. The number of nitrogens with one attached hydrogen (secondary N) is 2. The highest BCUT2D eigenvalue weighted by Crippen LogP contribution is 2.34. The molecule has 1 saturated heterocycles. The quantitative estimate of drug-likeness (QED) is 0.476. The van der Waals surface area contributed by atoms with Crippen LogP contribution in [0.5, 0.6) is 0 Å². The van der Waals surface area contributed by atoms with E-state index in [1.807, 2.05) is 30.3 Å². The van der Waals surface area contributed by atoms with E-state index in [9.17, 15) is 18.8 Å². The Labute approximate surface area is 209 Å². The topological polar surface area (TPSA) is 87.7 Å². The zero-order chi connectivity index (χ0) is 25.7. The molecule has 36 heavy (non-hydrogen) atoms. The first-order valence-electron chi connectivity index (χ1n) is 11.8. The van der Waals surface area contributed by atoms with Gasteiger partial charge in [-0.3, -0.25) is 14.5 Å². The molecule has 1 fully saturated rings. The predicted octanol–water partition coefficient (Wildman–Crippen LogP) is 4.80. The van der Waals surface area contributed by atoms with E-state index in [2.05, 4.69) is 10.6 Å². The highest BCUT2D eigenvalue weighted by Gasteiger charge is 2.46. The molecule has 4 rings (SSSR count). The van der Waals surface area contributed by atoms with Crippen molar-refractivity contribution in [2.45, 2.75) is 39.1 Å². The lowest BCUT2D eigenvalue weighted by Gasteiger charge is -2.24. The second-order valence-electron chi connectivity index (χ2n) is 8.98. The number of carbonyl (C=O) groups is 3. The maximum absolute atomic E-state index is 13.8. The number of hydrogen-bond acceptors (Lipinski definition) is 4. The molecule has 3 amide bonds. The Balaban J connectivity index is 1.58. The van der Waals surface area contributed by atoms with Crippen molar-refractivity contribution in [3.8, 4) is 0 Å². The number of rotatable bonds is 8. The summed E-state index contributed by atoms with van der Waals surface area (Å²) in [6, 6.07) is 21.2. The number of benzene rings is 3. The van der Waals surface area contributed by atoms with E-state index in [1.54, 1.807) is 50.2 Å². The van der Waals surface area contributed by atoms with Gasteiger partial charge in [0, 0.05) is 18.2 Å². The molecule has 3 aromatic carbocycles. The van der Waals surface area contributed by atoms with Crippen LogP contribution in [0.15, 0.2) is 78.9 Å². The van der Waals surface area contributed by atoms with Crippen molar-refractivity contribution in [1.82, 2.24) is 10.2 Å². The zero-order valence-electron chi connectivity index (χ0n) is 20.1. The van der Waals surface area contributed by atoms with Crippen LogP contribution in [-0.2, 0) is 27.4 Å². The van der Waals surface area contributed by atoms with E-state index in [4.69, 9.17) is 4.74 Å². The minimum Gasteiger partial charge on any atom is -0.438 e. The lowest BCUT2D eigenvalue weighted by Crippen LogP contribution is -2.46. The van der Waals surface area contributed by atoms with Gasteiger partial charge in [-0.05, 0) is 41.0 Å². The van der Waals surface area contributed by atoms with Gasteiger partial charge < -0.3 is 15.4 Å². The first kappa shape index (κ1) is 24.9. The van der Waals surface area contributed by atoms with Crippen LogP contribution in [0.3, 0.4) is 0 Å². The van der Waals surface area contributed by atoms with Crippen LogP contribution in [0.25, 0.3) is 0 Å². The Morgan fingerprint density at radius 1 is 0.972 bits per heavy atom. The average molecular weight is 490 g/mol. The van der Waals surface area contributed by atoms with Gasteiger partial charge in [0.25, 0.3) is 0 Å². The van der Waals surface area contributed by atoms with Gasteiger partial charge in [-0.2, -0.15) is 0 Å². The average Bonchev–Trinajstić information content (AvgIpc) is 3.19. The standard InChI is InChI=1S/C28H28FN3O4/c1-18(2)26(33)31-23-13-11-21(12-14-23)25-24(27(34)30-16-19-7-4-3-5-8-19)32(28(35)36-25)17-20-9-6-10-22(29)15-20/h3-15,18,24-25H,16-17H2,1-2H3,(H,30,34)(H,31,33). The number of cyclic esters (lactones) is 1. The minimum absolute atomic E-state index is 0.0129. The van der Waals surface area contributed by atoms with Crippen molar-refractivity contribution in [3.05, 3.63) is 101 Å². The normalized spacial score (nSPS) is 17.1. The fraction of sp³-hybridized carbons (Fsp3) is 0.250. The smallest absolute Gasteiger partial charge is 0.411 e. The molecule has 2 N–H and O–H groups in total. The number of hydrogen-bond donors (Lipinski definition) is 2. The molecule has 0 spiro atoms. The van der Waals surface area contributed by atoms with Crippen LogP contribution in [0, 0.1) is 11.7 Å². The molecule has 1 aliphatic heterocycles. The Morgan fingerprint density at radius 2 is 1.67 bits per heavy atom. The second-order valence-corrected chi connectivity index (χ2v) is 8.98. The number of amides is 3. The summed E-state index contributed by atoms with van der Waals surface area (Å²) in [5.74, 6) is -1.10. The van der Waals surface area contributed by atoms with E-state index >= 15 is 0 Å². The molecule has 0 aromatic heterocycles. The van der Waals surface area contributed by atoms with E-state index < -0.39 is 24.1 Å². The Hall–Kier alpha value is -4.20. The van der Waals surface area contributed by atoms with E-state index in [0.717, 1.165) is 5.56 Å². The molecule has 1 heterocycles. The fourth-order valence-electron chi connectivity index (χ4n) is 3.97. The monoisotopic (exact) mass is 489 g/mol. The summed E-state index contributed by atoms with van der Waals surface area (Å²) >= 11 is 0. The molecule has 2 unspecified atom stereocenters. The summed E-state index contributed by atoms with van der Waals surface area (Å²) < 4.78 is 19.4. The van der Waals surface area contributed by atoms with E-state index in [-0.39, 0.29) is 30.8 Å². The van der Waals surface area contributed by atoms with Crippen LogP contribution in [0.4, 0.5) is 14.9 Å². The third-order valence-corrected chi connectivity index (χ3v) is 5.94. The molecule has 0 aliphatic carbocycles. The van der Waals surface area contributed by atoms with Crippen molar-refractivity contribution in [3.63, 3.8) is 0 Å². The Bertz CT molecular complexity index is 1230. The second kappa shape index (κ2) is 11.0. The largest absolute Gasteiger partial charge is 0.438 e. The summed E-state index contributed by atoms with van der Waals surface area (Å²) in [6.45, 7) is 3.89. The third kappa shape index (κ3) is 5.89. The molecule has 0 bridgehead atoms. The van der Waals surface area contributed by atoms with Crippen LogP contribution in [-0.4, -0.2) is 28.8 Å². The third-order valence-electron chi connectivity index (χ3n) is 5.94. The molecule has 2 atom stereocenters. The number of ether oxygens (including phenoxy) is 1. The van der Waals surface area contributed by atoms with Crippen LogP contribution in [0.1, 0.15) is 36.6 Å². The number of carbonyl (C=O) groups excluding carboxylic acids is 3. The number of anilines is 1. The van der Waals surface area contributed by atoms with Crippen molar-refractivity contribution >= 4 is 23.6 Å². The lowest BCUT2D eigenvalue weighted by molar-refractivity contribution is -0.126. The summed E-state index contributed by atoms with van der Waals surface area (Å²) in [4.78, 5) is 39.6. The number of nitrogens with zero attached hydrogens (tertiary/aromatic N) is 1. The van der Waals surface area contributed by atoms with Gasteiger partial charge in [0.15, 0.2) is 12.1 Å². The predicted molar refractivity (Wildman–Crippen MR) is 133 cm³/mol. The minimum atomic E-state index is -0.972. The molecule has 1 aliphatic rings. The van der Waals surface area contributed by atoms with Gasteiger partial charge in [-0.25, -0.2) is 9.18 Å². The summed E-state index contributed by atoms with van der Waals surface area (Å²) in [7, 11) is 0. The highest BCUT2D eigenvalue weighted by atomic mass is 19.1. The molecular formula is C28H28FN3O4. The number of halogens is 1. The molecule has 0 radical (unpaired) electrons. The molecule has 3 aromatic rings. The van der Waals surface area contributed by atoms with E-state index in [0.29, 0.717) is 16.8 Å². The van der Waals surface area contributed by atoms with Crippen molar-refractivity contribution in [2.24, 2.45) is 5.92 Å². The van der Waals surface area contributed by atoms with Gasteiger partial charge >= 0.3 is 6.09 Å². The Morgan fingerprint density at radius 3 is 2.33 bits per heavy atom. The van der Waals surface area contributed by atoms with Gasteiger partial charge in [0.1, 0.15) is 5.82 Å². The van der Waals surface area contributed by atoms with Crippen LogP contribution in [0.2, 0.25) is 0 Å². The molecule has 8 heteroatoms. The van der Waals surface area contributed by atoms with Crippen LogP contribution >= 0.6 is 0 Å². The first-order valence-corrected chi connectivity index (χ1v) is 11.8. The first-order chi connectivity index (χ1) is 17.3. The SMILES string of the molecule is CC(C)C(=O)Nc1ccc(C2OC(=O)N(Cc3cccc(F)c3)C2C(=O)NCc2ccccc2)cc1. The van der Waals surface area contributed by atoms with Gasteiger partial charge in [-0.1, -0.05) is 68.4 Å². The van der Waals surface area contributed by atoms with Crippen molar-refractivity contribution in [2.75, 3.05) is 5.32 Å². The van der Waals surface area contributed by atoms with Crippen molar-refractivity contribution < 1.29 is 23.5 Å². The summed E-state index contributed by atoms with van der Waals surface area (Å²) in [6.07, 6.45) is -1.54. The van der Waals surface area contributed by atoms with Crippen LogP contribution < -0.4 is 10.6 Å². The summed E-state index contributed by atoms with van der Waals surface area (Å²) in [5, 5.41) is 5.71. The molecule has 0 saturated carbocycles. The maximum atomic E-state index is 13.8.